The fourth-order valence-electron chi connectivity index (χ4n) is 4.52. The van der Waals surface area contributed by atoms with Crippen molar-refractivity contribution in [1.29, 1.82) is 0 Å². The molecule has 2 fully saturated rings. The van der Waals surface area contributed by atoms with E-state index in [1.165, 1.54) is 57.3 Å². The average molecular weight is 332 g/mol. The van der Waals surface area contributed by atoms with Crippen molar-refractivity contribution in [2.75, 3.05) is 18.5 Å². The highest BCUT2D eigenvalue weighted by molar-refractivity contribution is 5.92. The second kappa shape index (κ2) is 7.92. The van der Waals surface area contributed by atoms with Crippen molar-refractivity contribution in [3.05, 3.63) is 18.0 Å². The molecule has 6 nitrogen and oxygen atoms in total. The van der Waals surface area contributed by atoms with E-state index < -0.39 is 5.91 Å². The largest absolute Gasteiger partial charge is 0.344 e. The molecule has 0 spiro atoms. The highest BCUT2D eigenvalue weighted by atomic mass is 16.5. The summed E-state index contributed by atoms with van der Waals surface area (Å²) in [5.74, 6) is 2.92. The molecule has 6 heteroatoms. The summed E-state index contributed by atoms with van der Waals surface area (Å²) in [5.41, 5.74) is 1.84. The Kier molecular flexibility index (Phi) is 5.66. The standard InChI is InChI=1S/C18H28N4O2/c1-22(18-19-11-16(12-20-18)17(23)21-24)7-3-6-15-9-13-4-2-5-14(8-13)10-15/h11-15,24H,2-10H2,1H3,(H,21,23). The van der Waals surface area contributed by atoms with Crippen LogP contribution in [0.1, 0.15) is 61.7 Å². The molecule has 0 saturated heterocycles. The van der Waals surface area contributed by atoms with Crippen LogP contribution in [0.4, 0.5) is 5.95 Å². The molecule has 132 valence electrons. The van der Waals surface area contributed by atoms with Gasteiger partial charge < -0.3 is 4.90 Å². The number of hydroxylamine groups is 1. The molecule has 1 aromatic heterocycles. The highest BCUT2D eigenvalue weighted by Crippen LogP contribution is 2.43. The summed E-state index contributed by atoms with van der Waals surface area (Å²) in [6, 6.07) is 0. The molecule has 2 bridgehead atoms. The minimum absolute atomic E-state index is 0.253. The van der Waals surface area contributed by atoms with Crippen LogP contribution in [0.3, 0.4) is 0 Å². The van der Waals surface area contributed by atoms with E-state index >= 15 is 0 Å². The number of carbonyl (C=O) groups excluding carboxylic acids is 1. The lowest BCUT2D eigenvalue weighted by atomic mass is 9.67. The van der Waals surface area contributed by atoms with Crippen LogP contribution in [0.5, 0.6) is 0 Å². The first-order valence-corrected chi connectivity index (χ1v) is 9.13. The lowest BCUT2D eigenvalue weighted by molar-refractivity contribution is 0.0705. The van der Waals surface area contributed by atoms with E-state index in [0.29, 0.717) is 5.95 Å². The number of fused-ring (bicyclic) bond motifs is 2. The van der Waals surface area contributed by atoms with E-state index in [0.717, 1.165) is 30.7 Å². The van der Waals surface area contributed by atoms with E-state index in [1.54, 1.807) is 5.48 Å². The lowest BCUT2D eigenvalue weighted by Crippen LogP contribution is -2.28. The highest BCUT2D eigenvalue weighted by Gasteiger charge is 2.31. The zero-order valence-corrected chi connectivity index (χ0v) is 14.4. The molecule has 0 radical (unpaired) electrons. The predicted octanol–water partition coefficient (Wildman–Crippen LogP) is 3.03. The minimum Gasteiger partial charge on any atom is -0.344 e. The molecule has 3 rings (SSSR count). The average Bonchev–Trinajstić information content (AvgIpc) is 2.61. The van der Waals surface area contributed by atoms with Gasteiger partial charge in [0.2, 0.25) is 5.95 Å². The van der Waals surface area contributed by atoms with E-state index in [1.807, 2.05) is 11.9 Å². The Balaban J connectivity index is 1.43. The van der Waals surface area contributed by atoms with Crippen molar-refractivity contribution in [2.24, 2.45) is 17.8 Å². The van der Waals surface area contributed by atoms with Crippen molar-refractivity contribution in [3.8, 4) is 0 Å². The van der Waals surface area contributed by atoms with Gasteiger partial charge in [-0.3, -0.25) is 10.0 Å². The summed E-state index contributed by atoms with van der Waals surface area (Å²) in [6.45, 7) is 0.928. The number of nitrogens with zero attached hydrogens (tertiary/aromatic N) is 3. The van der Waals surface area contributed by atoms with Crippen LogP contribution in [0, 0.1) is 17.8 Å². The Morgan fingerprint density at radius 3 is 2.54 bits per heavy atom. The number of nitrogens with one attached hydrogen (secondary N) is 1. The van der Waals surface area contributed by atoms with Gasteiger partial charge in [0.05, 0.1) is 5.56 Å². The Labute approximate surface area is 143 Å². The SMILES string of the molecule is CN(CCCC1CC2CCCC(C2)C1)c1ncc(C(=O)NO)cn1. The topological polar surface area (TPSA) is 78.4 Å². The summed E-state index contributed by atoms with van der Waals surface area (Å²) >= 11 is 0. The van der Waals surface area contributed by atoms with Crippen LogP contribution in [-0.2, 0) is 0 Å². The predicted molar refractivity (Wildman–Crippen MR) is 92.0 cm³/mol. The molecule has 2 N–H and O–H groups in total. The van der Waals surface area contributed by atoms with Gasteiger partial charge in [0, 0.05) is 26.0 Å². The van der Waals surface area contributed by atoms with Gasteiger partial charge in [-0.15, -0.1) is 0 Å². The maximum atomic E-state index is 11.3. The Morgan fingerprint density at radius 2 is 1.92 bits per heavy atom. The summed E-state index contributed by atoms with van der Waals surface area (Å²) in [4.78, 5) is 21.7. The first kappa shape index (κ1) is 17.1. The minimum atomic E-state index is -0.591. The smallest absolute Gasteiger partial charge is 0.277 e. The van der Waals surface area contributed by atoms with Crippen LogP contribution in [0.25, 0.3) is 0 Å². The third-order valence-electron chi connectivity index (χ3n) is 5.67. The Hall–Kier alpha value is -1.69. The first-order chi connectivity index (χ1) is 11.7. The lowest BCUT2D eigenvalue weighted by Gasteiger charge is -2.39. The van der Waals surface area contributed by atoms with Gasteiger partial charge >= 0.3 is 0 Å². The van der Waals surface area contributed by atoms with Gasteiger partial charge in [0.1, 0.15) is 0 Å². The Bertz CT molecular complexity index is 536. The molecule has 1 heterocycles. The first-order valence-electron chi connectivity index (χ1n) is 9.13. The van der Waals surface area contributed by atoms with Crippen molar-refractivity contribution in [3.63, 3.8) is 0 Å². The number of rotatable bonds is 6. The fourth-order valence-corrected chi connectivity index (χ4v) is 4.52. The number of anilines is 1. The van der Waals surface area contributed by atoms with E-state index in [-0.39, 0.29) is 5.56 Å². The van der Waals surface area contributed by atoms with Gasteiger partial charge in [0.25, 0.3) is 5.91 Å². The molecule has 2 saturated carbocycles. The maximum absolute atomic E-state index is 11.3. The van der Waals surface area contributed by atoms with Crippen molar-refractivity contribution >= 4 is 11.9 Å². The van der Waals surface area contributed by atoms with Gasteiger partial charge in [-0.1, -0.05) is 19.3 Å². The third kappa shape index (κ3) is 4.23. The van der Waals surface area contributed by atoms with Gasteiger partial charge in [-0.2, -0.15) is 0 Å². The molecule has 2 aliphatic carbocycles. The molecule has 2 atom stereocenters. The number of hydrogen-bond donors (Lipinski definition) is 2. The molecular weight excluding hydrogens is 304 g/mol. The summed E-state index contributed by atoms with van der Waals surface area (Å²) in [5, 5.41) is 8.60. The van der Waals surface area contributed by atoms with E-state index in [9.17, 15) is 4.79 Å². The molecule has 0 aliphatic heterocycles. The fraction of sp³-hybridized carbons (Fsp3) is 0.722. The van der Waals surface area contributed by atoms with Crippen LogP contribution in [0.15, 0.2) is 12.4 Å². The molecule has 24 heavy (non-hydrogen) atoms. The molecule has 1 amide bonds. The summed E-state index contributed by atoms with van der Waals surface area (Å²) in [7, 11) is 1.98. The number of hydrogen-bond acceptors (Lipinski definition) is 5. The molecule has 2 unspecified atom stereocenters. The van der Waals surface area contributed by atoms with Crippen LogP contribution in [0.2, 0.25) is 0 Å². The van der Waals surface area contributed by atoms with E-state index in [2.05, 4.69) is 9.97 Å². The molecule has 0 aromatic carbocycles. The van der Waals surface area contributed by atoms with E-state index in [4.69, 9.17) is 5.21 Å². The second-order valence-corrected chi connectivity index (χ2v) is 7.51. The third-order valence-corrected chi connectivity index (χ3v) is 5.67. The van der Waals surface area contributed by atoms with Gasteiger partial charge in [-0.25, -0.2) is 15.4 Å². The zero-order chi connectivity index (χ0) is 16.9. The summed E-state index contributed by atoms with van der Waals surface area (Å²) < 4.78 is 0. The molecular formula is C18H28N4O2. The summed E-state index contributed by atoms with van der Waals surface area (Å²) in [6.07, 6.45) is 14.0. The Morgan fingerprint density at radius 1 is 1.25 bits per heavy atom. The molecule has 2 aliphatic rings. The van der Waals surface area contributed by atoms with Crippen LogP contribution < -0.4 is 10.4 Å². The van der Waals surface area contributed by atoms with Crippen LogP contribution >= 0.6 is 0 Å². The quantitative estimate of drug-likeness (QED) is 0.618. The molecule has 1 aromatic rings. The number of aromatic nitrogens is 2. The zero-order valence-electron chi connectivity index (χ0n) is 14.4. The number of carbonyl (C=O) groups is 1. The van der Waals surface area contributed by atoms with Crippen molar-refractivity contribution in [1.82, 2.24) is 15.4 Å². The van der Waals surface area contributed by atoms with Crippen molar-refractivity contribution < 1.29 is 10.0 Å². The second-order valence-electron chi connectivity index (χ2n) is 7.51. The van der Waals surface area contributed by atoms with Crippen LogP contribution in [-0.4, -0.2) is 34.7 Å². The van der Waals surface area contributed by atoms with Gasteiger partial charge in [-0.05, 0) is 49.9 Å². The maximum Gasteiger partial charge on any atom is 0.277 e. The number of amides is 1. The van der Waals surface area contributed by atoms with Crippen molar-refractivity contribution in [2.45, 2.75) is 51.4 Å². The normalized spacial score (nSPS) is 26.0. The van der Waals surface area contributed by atoms with Gasteiger partial charge in [0.15, 0.2) is 0 Å². The monoisotopic (exact) mass is 332 g/mol.